The van der Waals surface area contributed by atoms with Gasteiger partial charge in [-0.1, -0.05) is 158 Å². The van der Waals surface area contributed by atoms with E-state index in [1.807, 2.05) is 6.07 Å². The third kappa shape index (κ3) is 5.81. The molecule has 1 unspecified atom stereocenters. The van der Waals surface area contributed by atoms with Crippen molar-refractivity contribution in [1.82, 2.24) is 15.0 Å². The fraction of sp³-hybridized carbons (Fsp3) is 0.0408. The molecule has 1 aliphatic carbocycles. The molecule has 4 heteroatoms. The summed E-state index contributed by atoms with van der Waals surface area (Å²) >= 11 is 0. The standard InChI is InChI=1S/C49H33N3O/c1-3-10-32(11-4-1)34-18-23-37(24-19-34)48-50-47(36-13-5-2-6-14-36)51-49(52-48)38-25-21-35(22-26-38)42-16-9-17-44-46(42)43-29-28-41(31-45(43)53-44)40-27-20-33-12-7-8-15-39(33)30-40/h1-13,15-31,36H,14H2. The highest BCUT2D eigenvalue weighted by Gasteiger charge is 2.18. The van der Waals surface area contributed by atoms with Gasteiger partial charge < -0.3 is 4.42 Å². The van der Waals surface area contributed by atoms with Crippen molar-refractivity contribution in [3.05, 3.63) is 188 Å². The number of benzene rings is 7. The van der Waals surface area contributed by atoms with E-state index in [9.17, 15) is 0 Å². The average molecular weight is 680 g/mol. The van der Waals surface area contributed by atoms with Gasteiger partial charge in [0.1, 0.15) is 17.0 Å². The Labute approximate surface area is 307 Å². The number of fused-ring (bicyclic) bond motifs is 4. The molecule has 0 fully saturated rings. The van der Waals surface area contributed by atoms with Crippen molar-refractivity contribution in [1.29, 1.82) is 0 Å². The van der Waals surface area contributed by atoms with Gasteiger partial charge in [0.2, 0.25) is 0 Å². The second-order valence-electron chi connectivity index (χ2n) is 13.6. The predicted octanol–water partition coefficient (Wildman–Crippen LogP) is 12.9. The van der Waals surface area contributed by atoms with E-state index in [0.29, 0.717) is 11.6 Å². The van der Waals surface area contributed by atoms with E-state index in [1.165, 1.54) is 21.9 Å². The number of rotatable bonds is 6. The van der Waals surface area contributed by atoms with Gasteiger partial charge in [0.15, 0.2) is 11.6 Å². The maximum atomic E-state index is 6.48. The van der Waals surface area contributed by atoms with Gasteiger partial charge in [-0.15, -0.1) is 0 Å². The van der Waals surface area contributed by atoms with Crippen LogP contribution in [0.1, 0.15) is 18.2 Å². The number of aromatic nitrogens is 3. The van der Waals surface area contributed by atoms with Crippen molar-refractivity contribution >= 4 is 32.7 Å². The molecule has 0 radical (unpaired) electrons. The smallest absolute Gasteiger partial charge is 0.163 e. The topological polar surface area (TPSA) is 51.8 Å². The van der Waals surface area contributed by atoms with Gasteiger partial charge >= 0.3 is 0 Å². The molecule has 4 nitrogen and oxygen atoms in total. The van der Waals surface area contributed by atoms with Crippen LogP contribution in [0.4, 0.5) is 0 Å². The first-order valence-corrected chi connectivity index (χ1v) is 18.0. The minimum Gasteiger partial charge on any atom is -0.456 e. The summed E-state index contributed by atoms with van der Waals surface area (Å²) in [6.07, 6.45) is 9.35. The zero-order chi connectivity index (χ0) is 35.1. The lowest BCUT2D eigenvalue weighted by molar-refractivity contribution is 0.669. The van der Waals surface area contributed by atoms with E-state index < -0.39 is 0 Å². The molecule has 250 valence electrons. The Morgan fingerprint density at radius 2 is 1.09 bits per heavy atom. The molecule has 0 saturated heterocycles. The molecule has 0 aliphatic heterocycles. The first kappa shape index (κ1) is 30.9. The lowest BCUT2D eigenvalue weighted by Gasteiger charge is -2.14. The van der Waals surface area contributed by atoms with Gasteiger partial charge in [0, 0.05) is 27.8 Å². The average Bonchev–Trinajstić information content (AvgIpc) is 3.62. The zero-order valence-electron chi connectivity index (χ0n) is 28.9. The van der Waals surface area contributed by atoms with Crippen LogP contribution >= 0.6 is 0 Å². The second kappa shape index (κ2) is 13.0. The molecule has 9 aromatic rings. The van der Waals surface area contributed by atoms with Gasteiger partial charge in [-0.25, -0.2) is 15.0 Å². The molecule has 0 amide bonds. The van der Waals surface area contributed by atoms with E-state index in [2.05, 4.69) is 176 Å². The highest BCUT2D eigenvalue weighted by atomic mass is 16.3. The fourth-order valence-electron chi connectivity index (χ4n) is 7.44. The molecule has 10 rings (SSSR count). The number of allylic oxidation sites excluding steroid dienone is 4. The van der Waals surface area contributed by atoms with E-state index in [4.69, 9.17) is 19.4 Å². The molecule has 0 saturated carbocycles. The Morgan fingerprint density at radius 1 is 0.453 bits per heavy atom. The van der Waals surface area contributed by atoms with Gasteiger partial charge in [-0.2, -0.15) is 0 Å². The summed E-state index contributed by atoms with van der Waals surface area (Å²) in [4.78, 5) is 15.1. The number of furan rings is 1. The van der Waals surface area contributed by atoms with Gasteiger partial charge in [-0.3, -0.25) is 0 Å². The van der Waals surface area contributed by atoms with Crippen LogP contribution in [-0.4, -0.2) is 15.0 Å². The molecule has 2 heterocycles. The summed E-state index contributed by atoms with van der Waals surface area (Å²) in [7, 11) is 0. The molecule has 0 N–H and O–H groups in total. The first-order valence-electron chi connectivity index (χ1n) is 18.0. The molecule has 53 heavy (non-hydrogen) atoms. The minimum absolute atomic E-state index is 0.0945. The molecule has 0 spiro atoms. The minimum atomic E-state index is 0.0945. The van der Waals surface area contributed by atoms with E-state index in [1.54, 1.807) is 0 Å². The van der Waals surface area contributed by atoms with Crippen LogP contribution in [0, 0.1) is 0 Å². The van der Waals surface area contributed by atoms with Crippen LogP contribution in [0.3, 0.4) is 0 Å². The summed E-state index contributed by atoms with van der Waals surface area (Å²) in [5, 5.41) is 4.68. The fourth-order valence-corrected chi connectivity index (χ4v) is 7.44. The van der Waals surface area contributed by atoms with Crippen molar-refractivity contribution in [3.8, 4) is 56.2 Å². The third-order valence-electron chi connectivity index (χ3n) is 10.2. The highest BCUT2D eigenvalue weighted by Crippen LogP contribution is 2.39. The number of nitrogens with zero attached hydrogens (tertiary/aromatic N) is 3. The second-order valence-corrected chi connectivity index (χ2v) is 13.6. The Morgan fingerprint density at radius 3 is 1.85 bits per heavy atom. The SMILES string of the molecule is C1=CCC(c2nc(-c3ccc(-c4ccccc4)cc3)nc(-c3ccc(-c4cccc5oc6cc(-c7ccc8ccccc8c7)ccc6c45)cc3)n2)C=C1. The van der Waals surface area contributed by atoms with Crippen molar-refractivity contribution in [2.24, 2.45) is 0 Å². The predicted molar refractivity (Wildman–Crippen MR) is 217 cm³/mol. The third-order valence-corrected chi connectivity index (χ3v) is 10.2. The van der Waals surface area contributed by atoms with Crippen molar-refractivity contribution in [2.75, 3.05) is 0 Å². The van der Waals surface area contributed by atoms with E-state index in [-0.39, 0.29) is 5.92 Å². The maximum Gasteiger partial charge on any atom is 0.163 e. The number of hydrogen-bond donors (Lipinski definition) is 0. The monoisotopic (exact) mass is 679 g/mol. The molecular formula is C49H33N3O. The molecule has 7 aromatic carbocycles. The zero-order valence-corrected chi connectivity index (χ0v) is 28.9. The van der Waals surface area contributed by atoms with Crippen LogP contribution in [0.25, 0.3) is 88.9 Å². The molecule has 1 aliphatic rings. The van der Waals surface area contributed by atoms with Crippen LogP contribution in [0.15, 0.2) is 186 Å². The Hall–Kier alpha value is -6.91. The summed E-state index contributed by atoms with van der Waals surface area (Å²) < 4.78 is 6.48. The van der Waals surface area contributed by atoms with E-state index in [0.717, 1.165) is 67.6 Å². The Kier molecular flexibility index (Phi) is 7.58. The van der Waals surface area contributed by atoms with Crippen LogP contribution in [0.5, 0.6) is 0 Å². The summed E-state index contributed by atoms with van der Waals surface area (Å²) in [5.74, 6) is 2.21. The molecular weight excluding hydrogens is 647 g/mol. The summed E-state index contributed by atoms with van der Waals surface area (Å²) in [6, 6.07) is 55.4. The highest BCUT2D eigenvalue weighted by molar-refractivity contribution is 6.13. The van der Waals surface area contributed by atoms with Gasteiger partial charge in [0.05, 0.1) is 0 Å². The quantitative estimate of drug-likeness (QED) is 0.175. The van der Waals surface area contributed by atoms with Gasteiger partial charge in [-0.05, 0) is 74.8 Å². The maximum absolute atomic E-state index is 6.48. The van der Waals surface area contributed by atoms with Crippen LogP contribution in [0.2, 0.25) is 0 Å². The summed E-state index contributed by atoms with van der Waals surface area (Å²) in [6.45, 7) is 0. The Balaban J connectivity index is 1.01. The van der Waals surface area contributed by atoms with Crippen LogP contribution < -0.4 is 0 Å². The van der Waals surface area contributed by atoms with Crippen molar-refractivity contribution in [2.45, 2.75) is 12.3 Å². The summed E-state index contributed by atoms with van der Waals surface area (Å²) in [5.41, 5.74) is 10.5. The molecule has 0 bridgehead atoms. The molecule has 2 aromatic heterocycles. The Bertz CT molecular complexity index is 2850. The lowest BCUT2D eigenvalue weighted by Crippen LogP contribution is -2.07. The first-order chi connectivity index (χ1) is 26.2. The normalized spacial score (nSPS) is 14.0. The lowest BCUT2D eigenvalue weighted by atomic mass is 9.96. The molecule has 1 atom stereocenters. The van der Waals surface area contributed by atoms with Crippen molar-refractivity contribution < 1.29 is 4.42 Å². The van der Waals surface area contributed by atoms with Gasteiger partial charge in [0.25, 0.3) is 0 Å². The van der Waals surface area contributed by atoms with Crippen molar-refractivity contribution in [3.63, 3.8) is 0 Å². The number of hydrogen-bond acceptors (Lipinski definition) is 4. The van der Waals surface area contributed by atoms with Crippen LogP contribution in [-0.2, 0) is 0 Å². The van der Waals surface area contributed by atoms with E-state index >= 15 is 0 Å². The largest absolute Gasteiger partial charge is 0.456 e.